The van der Waals surface area contributed by atoms with Crippen molar-refractivity contribution in [3.63, 3.8) is 0 Å². The van der Waals surface area contributed by atoms with Crippen LogP contribution in [-0.2, 0) is 5.41 Å². The molecule has 5 heteroatoms. The van der Waals surface area contributed by atoms with Gasteiger partial charge in [0.2, 0.25) is 0 Å². The van der Waals surface area contributed by atoms with Crippen molar-refractivity contribution in [2.24, 2.45) is 10.7 Å². The largest absolute Gasteiger partial charge is 0.370 e. The van der Waals surface area contributed by atoms with Crippen LogP contribution in [0.2, 0.25) is 0 Å². The van der Waals surface area contributed by atoms with Crippen molar-refractivity contribution in [2.45, 2.75) is 25.2 Å². The van der Waals surface area contributed by atoms with E-state index >= 15 is 0 Å². The molecule has 0 saturated heterocycles. The highest BCUT2D eigenvalue weighted by atomic mass is 127. The molecule has 0 heterocycles. The SMILES string of the molecule is C=C(C)CNC(N)=NCC1(c2cccc(F)c2)CC1.I. The molecule has 0 bridgehead atoms. The fourth-order valence-electron chi connectivity index (χ4n) is 2.04. The number of nitrogens with two attached hydrogens (primary N) is 1. The maximum atomic E-state index is 13.3. The Bertz CT molecular complexity index is 510. The fourth-order valence-corrected chi connectivity index (χ4v) is 2.04. The van der Waals surface area contributed by atoms with Gasteiger partial charge in [-0.1, -0.05) is 24.3 Å². The van der Waals surface area contributed by atoms with Crippen LogP contribution in [-0.4, -0.2) is 19.0 Å². The molecule has 1 aromatic carbocycles. The van der Waals surface area contributed by atoms with Gasteiger partial charge >= 0.3 is 0 Å². The smallest absolute Gasteiger partial charge is 0.188 e. The highest BCUT2D eigenvalue weighted by Crippen LogP contribution is 2.48. The van der Waals surface area contributed by atoms with Crippen molar-refractivity contribution in [3.05, 3.63) is 47.8 Å². The summed E-state index contributed by atoms with van der Waals surface area (Å²) < 4.78 is 13.3. The zero-order valence-electron chi connectivity index (χ0n) is 11.7. The van der Waals surface area contributed by atoms with Gasteiger partial charge in [-0.2, -0.15) is 0 Å². The number of nitrogens with zero attached hydrogens (tertiary/aromatic N) is 1. The first-order valence-corrected chi connectivity index (χ1v) is 6.46. The second kappa shape index (κ2) is 7.06. The lowest BCUT2D eigenvalue weighted by molar-refractivity contribution is 0.616. The number of aliphatic imine (C=N–C) groups is 1. The van der Waals surface area contributed by atoms with Gasteiger partial charge in [0.1, 0.15) is 5.82 Å². The van der Waals surface area contributed by atoms with Crippen molar-refractivity contribution in [2.75, 3.05) is 13.1 Å². The molecule has 3 N–H and O–H groups in total. The lowest BCUT2D eigenvalue weighted by Gasteiger charge is -2.14. The number of guanidine groups is 1. The minimum atomic E-state index is -0.193. The van der Waals surface area contributed by atoms with Crippen molar-refractivity contribution in [1.82, 2.24) is 5.32 Å². The Balaban J connectivity index is 0.00000200. The first kappa shape index (κ1) is 16.9. The number of rotatable bonds is 5. The topological polar surface area (TPSA) is 50.4 Å². The average Bonchev–Trinajstić information content (AvgIpc) is 3.15. The van der Waals surface area contributed by atoms with Crippen molar-refractivity contribution in [3.8, 4) is 0 Å². The molecule has 0 aromatic heterocycles. The van der Waals surface area contributed by atoms with E-state index in [1.165, 1.54) is 6.07 Å². The molecule has 0 amide bonds. The second-order valence-electron chi connectivity index (χ2n) is 5.30. The molecular formula is C15H21FIN3. The van der Waals surface area contributed by atoms with Gasteiger partial charge in [-0.3, -0.25) is 4.99 Å². The Labute approximate surface area is 136 Å². The summed E-state index contributed by atoms with van der Waals surface area (Å²) in [5.74, 6) is 0.229. The molecule has 0 atom stereocenters. The number of hydrogen-bond acceptors (Lipinski definition) is 1. The lowest BCUT2D eigenvalue weighted by Crippen LogP contribution is -2.33. The maximum Gasteiger partial charge on any atom is 0.188 e. The van der Waals surface area contributed by atoms with Crippen LogP contribution >= 0.6 is 24.0 Å². The molecular weight excluding hydrogens is 368 g/mol. The molecule has 0 radical (unpaired) electrons. The molecule has 2 rings (SSSR count). The number of benzene rings is 1. The standard InChI is InChI=1S/C15H20FN3.HI/c1-11(2)9-18-14(17)19-10-15(6-7-15)12-4-3-5-13(16)8-12;/h3-5,8H,1,6-7,9-10H2,2H3,(H3,17,18,19);1H. The van der Waals surface area contributed by atoms with E-state index in [1.807, 2.05) is 13.0 Å². The highest BCUT2D eigenvalue weighted by Gasteiger charge is 2.44. The Morgan fingerprint density at radius 1 is 1.50 bits per heavy atom. The van der Waals surface area contributed by atoms with E-state index in [2.05, 4.69) is 16.9 Å². The Kier molecular flexibility index (Phi) is 5.98. The van der Waals surface area contributed by atoms with E-state index in [4.69, 9.17) is 5.73 Å². The molecule has 20 heavy (non-hydrogen) atoms. The maximum absolute atomic E-state index is 13.3. The van der Waals surface area contributed by atoms with E-state index in [-0.39, 0.29) is 35.2 Å². The third-order valence-corrected chi connectivity index (χ3v) is 3.41. The van der Waals surface area contributed by atoms with Crippen molar-refractivity contribution >= 4 is 29.9 Å². The molecule has 0 aliphatic heterocycles. The summed E-state index contributed by atoms with van der Waals surface area (Å²) >= 11 is 0. The number of hydrogen-bond donors (Lipinski definition) is 2. The summed E-state index contributed by atoms with van der Waals surface area (Å²) in [7, 11) is 0. The molecule has 1 aliphatic carbocycles. The van der Waals surface area contributed by atoms with Gasteiger partial charge in [0.25, 0.3) is 0 Å². The minimum absolute atomic E-state index is 0. The van der Waals surface area contributed by atoms with Gasteiger partial charge in [0.05, 0.1) is 6.54 Å². The predicted octanol–water partition coefficient (Wildman–Crippen LogP) is 2.96. The summed E-state index contributed by atoms with van der Waals surface area (Å²) in [5, 5.41) is 3.00. The minimum Gasteiger partial charge on any atom is -0.370 e. The zero-order chi connectivity index (χ0) is 13.9. The van der Waals surface area contributed by atoms with Gasteiger partial charge in [0, 0.05) is 12.0 Å². The van der Waals surface area contributed by atoms with Crippen LogP contribution in [0.3, 0.4) is 0 Å². The molecule has 0 unspecified atom stereocenters. The molecule has 3 nitrogen and oxygen atoms in total. The Hall–Kier alpha value is -1.11. The van der Waals surface area contributed by atoms with Crippen LogP contribution in [0, 0.1) is 5.82 Å². The Morgan fingerprint density at radius 2 is 2.20 bits per heavy atom. The summed E-state index contributed by atoms with van der Waals surface area (Å²) in [5.41, 5.74) is 7.79. The van der Waals surface area contributed by atoms with Gasteiger partial charge in [0.15, 0.2) is 5.96 Å². The van der Waals surface area contributed by atoms with Gasteiger partial charge < -0.3 is 11.1 Å². The van der Waals surface area contributed by atoms with E-state index in [9.17, 15) is 4.39 Å². The summed E-state index contributed by atoms with van der Waals surface area (Å²) in [4.78, 5) is 4.36. The third kappa shape index (κ3) is 4.47. The number of nitrogens with one attached hydrogen (secondary N) is 1. The van der Waals surface area contributed by atoms with Gasteiger partial charge in [-0.25, -0.2) is 4.39 Å². The van der Waals surface area contributed by atoms with Crippen LogP contribution in [0.15, 0.2) is 41.4 Å². The molecule has 1 aliphatic rings. The molecule has 1 fully saturated rings. The quantitative estimate of drug-likeness (QED) is 0.352. The van der Waals surface area contributed by atoms with Crippen LogP contribution in [0.5, 0.6) is 0 Å². The van der Waals surface area contributed by atoms with E-state index in [1.54, 1.807) is 12.1 Å². The molecule has 0 spiro atoms. The average molecular weight is 389 g/mol. The molecule has 110 valence electrons. The van der Waals surface area contributed by atoms with Crippen LogP contribution in [0.1, 0.15) is 25.3 Å². The summed E-state index contributed by atoms with van der Waals surface area (Å²) in [6.07, 6.45) is 2.07. The van der Waals surface area contributed by atoms with Crippen molar-refractivity contribution < 1.29 is 4.39 Å². The molecule has 1 aromatic rings. The fraction of sp³-hybridized carbons (Fsp3) is 0.400. The van der Waals surface area contributed by atoms with Crippen molar-refractivity contribution in [1.29, 1.82) is 0 Å². The zero-order valence-corrected chi connectivity index (χ0v) is 14.0. The predicted molar refractivity (Wildman–Crippen MR) is 92.0 cm³/mol. The number of halogens is 2. The second-order valence-corrected chi connectivity index (χ2v) is 5.30. The van der Waals surface area contributed by atoms with E-state index in [0.717, 1.165) is 24.0 Å². The van der Waals surface area contributed by atoms with Gasteiger partial charge in [-0.05, 0) is 37.5 Å². The lowest BCUT2D eigenvalue weighted by atomic mass is 9.96. The van der Waals surface area contributed by atoms with Gasteiger partial charge in [-0.15, -0.1) is 24.0 Å². The normalized spacial score (nSPS) is 16.2. The van der Waals surface area contributed by atoms with E-state index < -0.39 is 0 Å². The first-order chi connectivity index (χ1) is 9.02. The molecule has 1 saturated carbocycles. The Morgan fingerprint density at radius 3 is 2.75 bits per heavy atom. The van der Waals surface area contributed by atoms with Crippen LogP contribution in [0.4, 0.5) is 4.39 Å². The summed E-state index contributed by atoms with van der Waals surface area (Å²) in [6, 6.07) is 6.77. The van der Waals surface area contributed by atoms with E-state index in [0.29, 0.717) is 19.0 Å². The summed E-state index contributed by atoms with van der Waals surface area (Å²) in [6.45, 7) is 6.95. The third-order valence-electron chi connectivity index (χ3n) is 3.41. The van der Waals surface area contributed by atoms with Crippen LogP contribution < -0.4 is 11.1 Å². The first-order valence-electron chi connectivity index (χ1n) is 6.46. The monoisotopic (exact) mass is 389 g/mol. The highest BCUT2D eigenvalue weighted by molar-refractivity contribution is 14.0. The van der Waals surface area contributed by atoms with Crippen LogP contribution in [0.25, 0.3) is 0 Å².